The highest BCUT2D eigenvalue weighted by Crippen LogP contribution is 2.27. The number of amides is 2. The lowest BCUT2D eigenvalue weighted by atomic mass is 10.00. The quantitative estimate of drug-likeness (QED) is 0.0725. The number of carbonyl (C=O) groups excluding carboxylic acids is 3. The van der Waals surface area contributed by atoms with Gasteiger partial charge in [0.1, 0.15) is 17.9 Å². The van der Waals surface area contributed by atoms with Crippen LogP contribution >= 0.6 is 0 Å². The van der Waals surface area contributed by atoms with Crippen molar-refractivity contribution in [2.45, 2.75) is 18.5 Å². The van der Waals surface area contributed by atoms with Crippen LogP contribution in [0.5, 0.6) is 5.75 Å². The first-order valence-corrected chi connectivity index (χ1v) is 19.7. The Morgan fingerprint density at radius 3 is 1.68 bits per heavy atom. The van der Waals surface area contributed by atoms with Gasteiger partial charge in [-0.1, -0.05) is 30.4 Å². The number of fused-ring (bicyclic) bond motifs is 1. The highest BCUT2D eigenvalue weighted by molar-refractivity contribution is 6.11. The van der Waals surface area contributed by atoms with Crippen LogP contribution in [0.1, 0.15) is 47.8 Å². The summed E-state index contributed by atoms with van der Waals surface area (Å²) in [5.74, 6) is -4.17. The van der Waals surface area contributed by atoms with E-state index in [-0.39, 0.29) is 48.6 Å². The second kappa shape index (κ2) is 25.1. The minimum atomic E-state index is -1.35. The number of ketones is 1. The van der Waals surface area contributed by atoms with Crippen molar-refractivity contribution in [3.8, 4) is 5.75 Å². The summed E-state index contributed by atoms with van der Waals surface area (Å²) in [7, 11) is 1.62. The summed E-state index contributed by atoms with van der Waals surface area (Å²) < 4.78 is 72.5. The van der Waals surface area contributed by atoms with Crippen molar-refractivity contribution in [3.05, 3.63) is 106 Å². The maximum atomic E-state index is 15.0. The van der Waals surface area contributed by atoms with E-state index >= 15 is 4.39 Å². The number of ether oxygens (including phenoxy) is 8. The van der Waals surface area contributed by atoms with Crippen LogP contribution in [0.2, 0.25) is 0 Å². The molecule has 0 unspecified atom stereocenters. The Morgan fingerprint density at radius 1 is 0.627 bits per heavy atom. The fourth-order valence-electron chi connectivity index (χ4n) is 6.22. The molecule has 59 heavy (non-hydrogen) atoms. The van der Waals surface area contributed by atoms with Gasteiger partial charge in [-0.15, -0.1) is 0 Å². The van der Waals surface area contributed by atoms with Crippen molar-refractivity contribution < 1.29 is 61.1 Å². The summed E-state index contributed by atoms with van der Waals surface area (Å²) in [6, 6.07) is 12.5. The maximum absolute atomic E-state index is 15.0. The molecule has 1 heterocycles. The van der Waals surface area contributed by atoms with Gasteiger partial charge in [-0.25, -0.2) is 8.78 Å². The van der Waals surface area contributed by atoms with Gasteiger partial charge in [-0.2, -0.15) is 0 Å². The topological polar surface area (TPSA) is 161 Å². The molecule has 0 spiro atoms. The molecule has 0 aromatic heterocycles. The zero-order valence-corrected chi connectivity index (χ0v) is 33.3. The third kappa shape index (κ3) is 14.5. The monoisotopic (exact) mass is 825 g/mol. The van der Waals surface area contributed by atoms with Gasteiger partial charge >= 0.3 is 0 Å². The molecule has 0 bridgehead atoms. The summed E-state index contributed by atoms with van der Waals surface area (Å²) >= 11 is 0. The second-order valence-electron chi connectivity index (χ2n) is 13.5. The van der Waals surface area contributed by atoms with Gasteiger partial charge in [0, 0.05) is 36.9 Å². The van der Waals surface area contributed by atoms with Gasteiger partial charge in [0.15, 0.2) is 17.4 Å². The minimum Gasteiger partial charge on any atom is -0.490 e. The highest BCUT2D eigenvalue weighted by atomic mass is 19.2. The van der Waals surface area contributed by atoms with Crippen LogP contribution in [0.25, 0.3) is 6.08 Å². The van der Waals surface area contributed by atoms with E-state index in [9.17, 15) is 18.8 Å². The van der Waals surface area contributed by atoms with Crippen molar-refractivity contribution in [3.63, 3.8) is 0 Å². The molecule has 5 rings (SSSR count). The number of nitrogens with one attached hydrogen (secondary N) is 3. The number of hydrogen-bond acceptors (Lipinski definition) is 12. The maximum Gasteiger partial charge on any atom is 0.251 e. The van der Waals surface area contributed by atoms with Gasteiger partial charge < -0.3 is 53.8 Å². The molecule has 2 aliphatic rings. The van der Waals surface area contributed by atoms with E-state index in [0.29, 0.717) is 91.3 Å². The number of halogens is 2. The molecule has 3 N–H and O–H groups in total. The van der Waals surface area contributed by atoms with Crippen LogP contribution in [0.4, 0.5) is 8.78 Å². The third-order valence-electron chi connectivity index (χ3n) is 9.36. The summed E-state index contributed by atoms with van der Waals surface area (Å²) in [6.45, 7) is 6.19. The summed E-state index contributed by atoms with van der Waals surface area (Å²) in [5.41, 5.74) is 2.44. The first-order valence-electron chi connectivity index (χ1n) is 19.7. The van der Waals surface area contributed by atoms with Crippen molar-refractivity contribution in [2.24, 2.45) is 0 Å². The van der Waals surface area contributed by atoms with Crippen molar-refractivity contribution >= 4 is 23.7 Å². The predicted octanol–water partition coefficient (Wildman–Crippen LogP) is 3.39. The van der Waals surface area contributed by atoms with E-state index in [1.165, 1.54) is 30.3 Å². The smallest absolute Gasteiger partial charge is 0.251 e. The average molecular weight is 826 g/mol. The molecule has 320 valence electrons. The molecular formula is C43H53F2N3O11. The summed E-state index contributed by atoms with van der Waals surface area (Å²) in [6.07, 6.45) is 4.86. The predicted molar refractivity (Wildman–Crippen MR) is 213 cm³/mol. The lowest BCUT2D eigenvalue weighted by molar-refractivity contribution is -0.0199. The first-order chi connectivity index (χ1) is 28.9. The standard InChI is InChI=1S/C43H53F2N3O11/c1-52-13-14-53-15-16-54-17-18-55-19-20-56-21-22-57-23-24-58-25-26-59-38-12-11-35(44)40(45)39(38)41(49)31-6-8-32(9-7-31)42(50)47-36-28-46-29-37(36)48-43(51)34-10-5-30-3-2-4-33(30)27-34/h2-3,5-12,27,36-37,46H,4,13-26,28-29H2,1H3,(H,47,50)(H,48,51)/t36-,37-/m1/s1. The molecule has 1 aliphatic carbocycles. The molecule has 2 amide bonds. The molecule has 1 fully saturated rings. The molecule has 3 aromatic rings. The lowest BCUT2D eigenvalue weighted by Crippen LogP contribution is -2.51. The summed E-state index contributed by atoms with van der Waals surface area (Å²) in [4.78, 5) is 39.6. The molecule has 16 heteroatoms. The Morgan fingerprint density at radius 2 is 1.12 bits per heavy atom. The number of methoxy groups -OCH3 is 1. The van der Waals surface area contributed by atoms with Crippen LogP contribution in [0, 0.1) is 11.6 Å². The van der Waals surface area contributed by atoms with Gasteiger partial charge in [-0.05, 0) is 53.9 Å². The van der Waals surface area contributed by atoms with Crippen LogP contribution < -0.4 is 20.7 Å². The normalized spacial score (nSPS) is 15.6. The van der Waals surface area contributed by atoms with E-state index in [4.69, 9.17) is 37.9 Å². The SMILES string of the molecule is COCCOCCOCCOCCOCCOCCOCCOc1ccc(F)c(F)c1C(=O)c1ccc(C(=O)N[C@@H]2CNC[C@H]2NC(=O)c2ccc3c(c2)CC=C3)cc1. The zero-order chi connectivity index (χ0) is 41.7. The number of rotatable bonds is 28. The molecule has 1 aliphatic heterocycles. The molecule has 14 nitrogen and oxygen atoms in total. The fourth-order valence-corrected chi connectivity index (χ4v) is 6.22. The third-order valence-corrected chi connectivity index (χ3v) is 9.36. The Hall–Kier alpha value is -4.65. The fraction of sp³-hybridized carbons (Fsp3) is 0.465. The Balaban J connectivity index is 0.964. The molecule has 0 radical (unpaired) electrons. The first kappa shape index (κ1) is 45.4. The molecule has 1 saturated heterocycles. The molecule has 0 saturated carbocycles. The van der Waals surface area contributed by atoms with Crippen LogP contribution in [0.15, 0.2) is 60.7 Å². The van der Waals surface area contributed by atoms with E-state index in [1.54, 1.807) is 13.2 Å². The molecule has 3 aromatic carbocycles. The van der Waals surface area contributed by atoms with E-state index in [1.807, 2.05) is 18.2 Å². The number of hydrogen-bond donors (Lipinski definition) is 3. The molecular weight excluding hydrogens is 772 g/mol. The van der Waals surface area contributed by atoms with Crippen LogP contribution in [0.3, 0.4) is 0 Å². The van der Waals surface area contributed by atoms with Crippen molar-refractivity contribution in [1.82, 2.24) is 16.0 Å². The van der Waals surface area contributed by atoms with Gasteiger partial charge in [-0.3, -0.25) is 14.4 Å². The van der Waals surface area contributed by atoms with Crippen molar-refractivity contribution in [1.29, 1.82) is 0 Å². The zero-order valence-electron chi connectivity index (χ0n) is 33.3. The van der Waals surface area contributed by atoms with E-state index in [2.05, 4.69) is 22.0 Å². The van der Waals surface area contributed by atoms with E-state index in [0.717, 1.165) is 23.6 Å². The Kier molecular flexibility index (Phi) is 19.3. The highest BCUT2D eigenvalue weighted by Gasteiger charge is 2.31. The van der Waals surface area contributed by atoms with E-state index < -0.39 is 34.9 Å². The van der Waals surface area contributed by atoms with Gasteiger partial charge in [0.25, 0.3) is 11.8 Å². The largest absolute Gasteiger partial charge is 0.490 e. The summed E-state index contributed by atoms with van der Waals surface area (Å²) in [5, 5.41) is 9.15. The number of allylic oxidation sites excluding steroid dienone is 1. The number of benzene rings is 3. The Bertz CT molecular complexity index is 1830. The lowest BCUT2D eigenvalue weighted by Gasteiger charge is -2.21. The van der Waals surface area contributed by atoms with Gasteiger partial charge in [0.2, 0.25) is 0 Å². The molecule has 2 atom stereocenters. The van der Waals surface area contributed by atoms with Gasteiger partial charge in [0.05, 0.1) is 98.0 Å². The minimum absolute atomic E-state index is 0.0270. The number of carbonyl (C=O) groups is 3. The van der Waals surface area contributed by atoms with Crippen LogP contribution in [-0.2, 0) is 39.6 Å². The van der Waals surface area contributed by atoms with Crippen LogP contribution in [-0.4, -0.2) is 142 Å². The Labute approximate surface area is 342 Å². The second-order valence-corrected chi connectivity index (χ2v) is 13.5. The average Bonchev–Trinajstić information content (AvgIpc) is 3.91. The van der Waals surface area contributed by atoms with Crippen molar-refractivity contribution in [2.75, 3.05) is 113 Å².